The van der Waals surface area contributed by atoms with E-state index in [4.69, 9.17) is 4.52 Å². The van der Waals surface area contributed by atoms with Crippen LogP contribution in [0.15, 0.2) is 34.9 Å². The van der Waals surface area contributed by atoms with E-state index in [-0.39, 0.29) is 0 Å². The number of nitrogens with zero attached hydrogens (tertiary/aromatic N) is 6. The molecule has 0 unspecified atom stereocenters. The monoisotopic (exact) mass is 322 g/mol. The second-order valence-corrected chi connectivity index (χ2v) is 6.49. The van der Waals surface area contributed by atoms with Gasteiger partial charge in [0.25, 0.3) is 5.89 Å². The Hall–Kier alpha value is -2.54. The first-order valence-corrected chi connectivity index (χ1v) is 8.39. The van der Waals surface area contributed by atoms with Gasteiger partial charge in [0.05, 0.1) is 13.1 Å². The highest BCUT2D eigenvalue weighted by Gasteiger charge is 2.32. The SMILES string of the molecule is c1ccc(-c2nc(CN3CCn4c(nnc4C4CC4)C3)no2)cc1. The zero-order valence-electron chi connectivity index (χ0n) is 13.3. The van der Waals surface area contributed by atoms with E-state index in [1.165, 1.54) is 18.7 Å². The summed E-state index contributed by atoms with van der Waals surface area (Å²) >= 11 is 0. The topological polar surface area (TPSA) is 72.9 Å². The molecule has 7 heteroatoms. The van der Waals surface area contributed by atoms with E-state index in [0.29, 0.717) is 24.2 Å². The average molecular weight is 322 g/mol. The van der Waals surface area contributed by atoms with Crippen LogP contribution in [0.1, 0.15) is 36.2 Å². The molecule has 3 aromatic rings. The van der Waals surface area contributed by atoms with Gasteiger partial charge in [-0.25, -0.2) is 0 Å². The lowest BCUT2D eigenvalue weighted by atomic mass is 10.2. The molecule has 1 fully saturated rings. The molecule has 0 atom stereocenters. The molecular formula is C17H18N6O. The molecule has 0 N–H and O–H groups in total. The van der Waals surface area contributed by atoms with Gasteiger partial charge in [-0.3, -0.25) is 4.90 Å². The summed E-state index contributed by atoms with van der Waals surface area (Å²) in [6, 6.07) is 9.85. The van der Waals surface area contributed by atoms with Crippen LogP contribution in [0.25, 0.3) is 11.5 Å². The molecule has 5 rings (SSSR count). The third kappa shape index (κ3) is 2.50. The van der Waals surface area contributed by atoms with Crippen LogP contribution in [0.2, 0.25) is 0 Å². The lowest BCUT2D eigenvalue weighted by molar-refractivity contribution is 0.200. The molecular weight excluding hydrogens is 304 g/mol. The lowest BCUT2D eigenvalue weighted by Gasteiger charge is -2.26. The normalized spacial score (nSPS) is 17.8. The minimum absolute atomic E-state index is 0.571. The van der Waals surface area contributed by atoms with Crippen molar-refractivity contribution in [3.63, 3.8) is 0 Å². The summed E-state index contributed by atoms with van der Waals surface area (Å²) < 4.78 is 7.68. The number of hydrogen-bond donors (Lipinski definition) is 0. The van der Waals surface area contributed by atoms with E-state index in [1.807, 2.05) is 30.3 Å². The Morgan fingerprint density at radius 3 is 2.79 bits per heavy atom. The second kappa shape index (κ2) is 5.52. The van der Waals surface area contributed by atoms with Crippen molar-refractivity contribution < 1.29 is 4.52 Å². The average Bonchev–Trinajstić information content (AvgIpc) is 3.21. The van der Waals surface area contributed by atoms with E-state index >= 15 is 0 Å². The number of rotatable bonds is 4. The third-order valence-electron chi connectivity index (χ3n) is 4.66. The second-order valence-electron chi connectivity index (χ2n) is 6.49. The summed E-state index contributed by atoms with van der Waals surface area (Å²) in [5.74, 6) is 4.15. The van der Waals surface area contributed by atoms with Gasteiger partial charge in [0, 0.05) is 24.6 Å². The lowest BCUT2D eigenvalue weighted by Crippen LogP contribution is -2.34. The summed E-state index contributed by atoms with van der Waals surface area (Å²) in [5.41, 5.74) is 0.948. The highest BCUT2D eigenvalue weighted by Crippen LogP contribution is 2.39. The van der Waals surface area contributed by atoms with Gasteiger partial charge in [-0.15, -0.1) is 10.2 Å². The van der Waals surface area contributed by atoms with E-state index in [0.717, 1.165) is 31.0 Å². The highest BCUT2D eigenvalue weighted by molar-refractivity contribution is 5.51. The van der Waals surface area contributed by atoms with Crippen molar-refractivity contribution in [2.75, 3.05) is 6.54 Å². The molecule has 3 heterocycles. The minimum Gasteiger partial charge on any atom is -0.334 e. The fourth-order valence-electron chi connectivity index (χ4n) is 3.22. The fourth-order valence-corrected chi connectivity index (χ4v) is 3.22. The van der Waals surface area contributed by atoms with Crippen LogP contribution in [0.3, 0.4) is 0 Å². The standard InChI is InChI=1S/C17H18N6O/c1-2-4-13(5-3-1)17-18-14(21-24-17)10-22-8-9-23-15(11-22)19-20-16(23)12-6-7-12/h1-5,12H,6-11H2. The zero-order chi connectivity index (χ0) is 15.9. The Balaban J connectivity index is 1.30. The van der Waals surface area contributed by atoms with Crippen LogP contribution in [0.5, 0.6) is 0 Å². The Kier molecular flexibility index (Phi) is 3.19. The summed E-state index contributed by atoms with van der Waals surface area (Å²) in [7, 11) is 0. The molecule has 0 spiro atoms. The third-order valence-corrected chi connectivity index (χ3v) is 4.66. The van der Waals surface area contributed by atoms with Crippen LogP contribution in [0.4, 0.5) is 0 Å². The summed E-state index contributed by atoms with van der Waals surface area (Å²) in [6.45, 7) is 3.36. The molecule has 24 heavy (non-hydrogen) atoms. The van der Waals surface area contributed by atoms with Gasteiger partial charge < -0.3 is 9.09 Å². The molecule has 2 aromatic heterocycles. The molecule has 2 aliphatic rings. The van der Waals surface area contributed by atoms with Crippen LogP contribution in [-0.4, -0.2) is 36.3 Å². The number of aromatic nitrogens is 5. The van der Waals surface area contributed by atoms with Crippen molar-refractivity contribution in [2.24, 2.45) is 0 Å². The van der Waals surface area contributed by atoms with Gasteiger partial charge in [-0.2, -0.15) is 4.98 Å². The van der Waals surface area contributed by atoms with Crippen LogP contribution in [0, 0.1) is 0 Å². The maximum atomic E-state index is 5.38. The maximum absolute atomic E-state index is 5.38. The minimum atomic E-state index is 0.571. The van der Waals surface area contributed by atoms with Crippen LogP contribution < -0.4 is 0 Å². The Morgan fingerprint density at radius 2 is 1.96 bits per heavy atom. The van der Waals surface area contributed by atoms with Gasteiger partial charge in [0.2, 0.25) is 0 Å². The quantitative estimate of drug-likeness (QED) is 0.733. The Morgan fingerprint density at radius 1 is 1.08 bits per heavy atom. The van der Waals surface area contributed by atoms with Gasteiger partial charge in [0.15, 0.2) is 5.82 Å². The highest BCUT2D eigenvalue weighted by atomic mass is 16.5. The molecule has 0 amide bonds. The Labute approximate surface area is 139 Å². The van der Waals surface area contributed by atoms with Crippen molar-refractivity contribution in [2.45, 2.75) is 38.4 Å². The molecule has 1 aliphatic heterocycles. The summed E-state index contributed by atoms with van der Waals surface area (Å²) in [6.07, 6.45) is 2.51. The van der Waals surface area contributed by atoms with Crippen LogP contribution >= 0.6 is 0 Å². The Bertz CT molecular complexity index is 851. The molecule has 0 radical (unpaired) electrons. The first-order valence-electron chi connectivity index (χ1n) is 8.39. The first kappa shape index (κ1) is 13.9. The zero-order valence-corrected chi connectivity index (χ0v) is 13.3. The molecule has 1 aromatic carbocycles. The van der Waals surface area contributed by atoms with Crippen molar-refractivity contribution in [1.29, 1.82) is 0 Å². The molecule has 122 valence electrons. The summed E-state index contributed by atoms with van der Waals surface area (Å²) in [4.78, 5) is 6.80. The predicted molar refractivity (Wildman–Crippen MR) is 85.8 cm³/mol. The van der Waals surface area contributed by atoms with E-state index in [1.54, 1.807) is 0 Å². The maximum Gasteiger partial charge on any atom is 0.257 e. The largest absolute Gasteiger partial charge is 0.334 e. The van der Waals surface area contributed by atoms with Crippen molar-refractivity contribution >= 4 is 0 Å². The van der Waals surface area contributed by atoms with Gasteiger partial charge >= 0.3 is 0 Å². The van der Waals surface area contributed by atoms with Gasteiger partial charge in [0.1, 0.15) is 11.6 Å². The fraction of sp³-hybridized carbons (Fsp3) is 0.412. The molecule has 1 saturated carbocycles. The molecule has 0 bridgehead atoms. The van der Waals surface area contributed by atoms with Gasteiger partial charge in [-0.1, -0.05) is 23.4 Å². The smallest absolute Gasteiger partial charge is 0.257 e. The summed E-state index contributed by atoms with van der Waals surface area (Å²) in [5, 5.41) is 12.9. The predicted octanol–water partition coefficient (Wildman–Crippen LogP) is 2.22. The van der Waals surface area contributed by atoms with E-state index < -0.39 is 0 Å². The van der Waals surface area contributed by atoms with Gasteiger partial charge in [-0.05, 0) is 25.0 Å². The molecule has 1 aliphatic carbocycles. The number of fused-ring (bicyclic) bond motifs is 1. The van der Waals surface area contributed by atoms with Crippen molar-refractivity contribution in [3.05, 3.63) is 47.8 Å². The van der Waals surface area contributed by atoms with E-state index in [2.05, 4.69) is 29.8 Å². The van der Waals surface area contributed by atoms with E-state index in [9.17, 15) is 0 Å². The number of benzene rings is 1. The van der Waals surface area contributed by atoms with Crippen molar-refractivity contribution in [1.82, 2.24) is 29.8 Å². The molecule has 0 saturated heterocycles. The van der Waals surface area contributed by atoms with Crippen LogP contribution in [-0.2, 0) is 19.6 Å². The van der Waals surface area contributed by atoms with Crippen molar-refractivity contribution in [3.8, 4) is 11.5 Å². The first-order chi connectivity index (χ1) is 11.9. The number of hydrogen-bond acceptors (Lipinski definition) is 6. The molecule has 7 nitrogen and oxygen atoms in total.